The van der Waals surface area contributed by atoms with E-state index in [0.717, 1.165) is 5.01 Å². The highest BCUT2D eigenvalue weighted by Gasteiger charge is 2.23. The van der Waals surface area contributed by atoms with E-state index >= 15 is 0 Å². The molecule has 0 bridgehead atoms. The number of aryl methyl sites for hydroxylation is 1. The Morgan fingerprint density at radius 3 is 2.58 bits per heavy atom. The number of carbonyl (C=O) groups excluding carboxylic acids is 1. The summed E-state index contributed by atoms with van der Waals surface area (Å²) in [4.78, 5) is 16.4. The predicted molar refractivity (Wildman–Crippen MR) is 72.5 cm³/mol. The van der Waals surface area contributed by atoms with Crippen molar-refractivity contribution in [2.75, 3.05) is 7.11 Å². The fourth-order valence-electron chi connectivity index (χ4n) is 1.71. The van der Waals surface area contributed by atoms with Crippen LogP contribution in [0.1, 0.15) is 27.0 Å². The van der Waals surface area contributed by atoms with Gasteiger partial charge in [0.1, 0.15) is 17.4 Å². The van der Waals surface area contributed by atoms with Gasteiger partial charge in [-0.05, 0) is 24.6 Å². The van der Waals surface area contributed by atoms with Crippen LogP contribution in [0.5, 0.6) is 5.75 Å². The highest BCUT2D eigenvalue weighted by atomic mass is 32.1. The van der Waals surface area contributed by atoms with Crippen molar-refractivity contribution in [3.63, 3.8) is 0 Å². The average molecular weight is 272 g/mol. The molecule has 96 valence electrons. The van der Waals surface area contributed by atoms with Crippen LogP contribution in [-0.4, -0.2) is 17.9 Å². The fraction of sp³-hybridized carbons (Fsp3) is 0.214. The van der Waals surface area contributed by atoms with Crippen molar-refractivity contribution < 1.29 is 9.53 Å². The molecule has 1 aromatic carbocycles. The molecule has 0 saturated carbocycles. The van der Waals surface area contributed by atoms with E-state index in [1.54, 1.807) is 36.8 Å². The summed E-state index contributed by atoms with van der Waals surface area (Å²) in [5.41, 5.74) is 1.00. The quantitative estimate of drug-likeness (QED) is 0.803. The maximum absolute atomic E-state index is 12.2. The minimum atomic E-state index is -0.826. The number of nitrogens with zero attached hydrogens (tertiary/aromatic N) is 2. The van der Waals surface area contributed by atoms with Gasteiger partial charge in [-0.1, -0.05) is 12.1 Å². The molecule has 0 amide bonds. The first-order valence-electron chi connectivity index (χ1n) is 5.65. The molecule has 0 spiro atoms. The second-order valence-electron chi connectivity index (χ2n) is 3.95. The molecule has 0 N–H and O–H groups in total. The Hall–Kier alpha value is -2.19. The Morgan fingerprint density at radius 1 is 1.42 bits per heavy atom. The van der Waals surface area contributed by atoms with Crippen LogP contribution in [0.4, 0.5) is 0 Å². The lowest BCUT2D eigenvalue weighted by Crippen LogP contribution is -2.11. The molecule has 1 unspecified atom stereocenters. The third kappa shape index (κ3) is 2.80. The number of carbonyl (C=O) groups is 1. The van der Waals surface area contributed by atoms with Crippen LogP contribution >= 0.6 is 11.3 Å². The number of hydrogen-bond acceptors (Lipinski definition) is 5. The number of thiazole rings is 1. The zero-order chi connectivity index (χ0) is 13.8. The topological polar surface area (TPSA) is 63.0 Å². The molecule has 4 nitrogen and oxygen atoms in total. The third-order valence-electron chi connectivity index (χ3n) is 2.71. The minimum absolute atomic E-state index is 0.267. The number of hydrogen-bond donors (Lipinski definition) is 0. The maximum Gasteiger partial charge on any atom is 0.203 e. The monoisotopic (exact) mass is 272 g/mol. The van der Waals surface area contributed by atoms with Crippen LogP contribution in [0.15, 0.2) is 29.6 Å². The SMILES string of the molecule is COc1ccc(C(C#N)C(=O)c2csc(C)n2)cc1. The number of methoxy groups -OCH3 is 1. The molecular weight excluding hydrogens is 260 g/mol. The summed E-state index contributed by atoms with van der Waals surface area (Å²) in [6, 6.07) is 8.96. The molecule has 0 aliphatic heterocycles. The third-order valence-corrected chi connectivity index (χ3v) is 3.49. The highest BCUT2D eigenvalue weighted by molar-refractivity contribution is 7.09. The molecule has 2 rings (SSSR count). The van der Waals surface area contributed by atoms with Crippen LogP contribution in [0, 0.1) is 18.3 Å². The van der Waals surface area contributed by atoms with Gasteiger partial charge in [-0.15, -0.1) is 11.3 Å². The van der Waals surface area contributed by atoms with E-state index in [1.807, 2.05) is 13.0 Å². The molecule has 0 radical (unpaired) electrons. The molecule has 1 atom stereocenters. The van der Waals surface area contributed by atoms with Gasteiger partial charge >= 0.3 is 0 Å². The standard InChI is InChI=1S/C14H12N2O2S/c1-9-16-13(8-19-9)14(17)12(7-15)10-3-5-11(18-2)6-4-10/h3-6,8,12H,1-2H3. The molecule has 0 saturated heterocycles. The fourth-order valence-corrected chi connectivity index (χ4v) is 2.31. The van der Waals surface area contributed by atoms with Crippen LogP contribution in [0.25, 0.3) is 0 Å². The number of benzene rings is 1. The smallest absolute Gasteiger partial charge is 0.203 e. The molecule has 2 aromatic rings. The van der Waals surface area contributed by atoms with E-state index in [0.29, 0.717) is 17.0 Å². The van der Waals surface area contributed by atoms with Gasteiger partial charge < -0.3 is 4.74 Å². The number of ketones is 1. The maximum atomic E-state index is 12.2. The summed E-state index contributed by atoms with van der Waals surface area (Å²) >= 11 is 1.40. The van der Waals surface area contributed by atoms with E-state index in [2.05, 4.69) is 4.98 Å². The summed E-state index contributed by atoms with van der Waals surface area (Å²) in [7, 11) is 1.57. The molecule has 0 fully saturated rings. The Balaban J connectivity index is 2.29. The molecule has 0 aliphatic rings. The molecule has 1 heterocycles. The Labute approximate surface area is 115 Å². The molecular formula is C14H12N2O2S. The summed E-state index contributed by atoms with van der Waals surface area (Å²) in [5, 5.41) is 11.7. The van der Waals surface area contributed by atoms with Gasteiger partial charge in [0.25, 0.3) is 0 Å². The van der Waals surface area contributed by atoms with E-state index < -0.39 is 5.92 Å². The summed E-state index contributed by atoms with van der Waals surface area (Å²) in [5.74, 6) is -0.401. The molecule has 5 heteroatoms. The largest absolute Gasteiger partial charge is 0.497 e. The first-order chi connectivity index (χ1) is 9.15. The van der Waals surface area contributed by atoms with Crippen molar-refractivity contribution >= 4 is 17.1 Å². The predicted octanol–water partition coefficient (Wildman–Crippen LogP) is 2.95. The summed E-state index contributed by atoms with van der Waals surface area (Å²) in [6.07, 6.45) is 0. The number of aromatic nitrogens is 1. The normalized spacial score (nSPS) is 11.6. The van der Waals surface area contributed by atoms with Gasteiger partial charge in [0, 0.05) is 5.38 Å². The van der Waals surface area contributed by atoms with Crippen molar-refractivity contribution in [3.05, 3.63) is 45.9 Å². The Morgan fingerprint density at radius 2 is 2.11 bits per heavy atom. The minimum Gasteiger partial charge on any atom is -0.497 e. The lowest BCUT2D eigenvalue weighted by Gasteiger charge is -2.07. The van der Waals surface area contributed by atoms with Gasteiger partial charge in [0.15, 0.2) is 0 Å². The second kappa shape index (κ2) is 5.63. The number of ether oxygens (including phenoxy) is 1. The summed E-state index contributed by atoms with van der Waals surface area (Å²) in [6.45, 7) is 1.83. The van der Waals surface area contributed by atoms with Gasteiger partial charge in [0.2, 0.25) is 5.78 Å². The number of nitriles is 1. The number of rotatable bonds is 4. The first-order valence-corrected chi connectivity index (χ1v) is 6.53. The number of Topliss-reactive ketones (excluding diaryl/α,β-unsaturated/α-hetero) is 1. The van der Waals surface area contributed by atoms with Crippen molar-refractivity contribution in [3.8, 4) is 11.8 Å². The van der Waals surface area contributed by atoms with Crippen molar-refractivity contribution in [2.45, 2.75) is 12.8 Å². The zero-order valence-corrected chi connectivity index (χ0v) is 11.4. The van der Waals surface area contributed by atoms with Gasteiger partial charge in [-0.2, -0.15) is 5.26 Å². The van der Waals surface area contributed by atoms with E-state index in [-0.39, 0.29) is 5.78 Å². The van der Waals surface area contributed by atoms with Crippen molar-refractivity contribution in [1.29, 1.82) is 5.26 Å². The van der Waals surface area contributed by atoms with E-state index in [1.165, 1.54) is 11.3 Å². The van der Waals surface area contributed by atoms with Crippen LogP contribution < -0.4 is 4.74 Å². The average Bonchev–Trinajstić information content (AvgIpc) is 2.87. The van der Waals surface area contributed by atoms with Crippen LogP contribution in [-0.2, 0) is 0 Å². The van der Waals surface area contributed by atoms with Gasteiger partial charge in [0.05, 0.1) is 18.2 Å². The second-order valence-corrected chi connectivity index (χ2v) is 5.01. The lowest BCUT2D eigenvalue weighted by atomic mass is 9.95. The summed E-state index contributed by atoms with van der Waals surface area (Å²) < 4.78 is 5.05. The lowest BCUT2D eigenvalue weighted by molar-refractivity contribution is 0.0974. The van der Waals surface area contributed by atoms with Gasteiger partial charge in [-0.3, -0.25) is 4.79 Å². The zero-order valence-electron chi connectivity index (χ0n) is 10.6. The van der Waals surface area contributed by atoms with Crippen LogP contribution in [0.2, 0.25) is 0 Å². The molecule has 19 heavy (non-hydrogen) atoms. The Bertz CT molecular complexity index is 626. The van der Waals surface area contributed by atoms with Gasteiger partial charge in [-0.25, -0.2) is 4.98 Å². The molecule has 1 aromatic heterocycles. The molecule has 0 aliphatic carbocycles. The first kappa shape index (κ1) is 13.2. The van der Waals surface area contributed by atoms with E-state index in [4.69, 9.17) is 4.74 Å². The van der Waals surface area contributed by atoms with E-state index in [9.17, 15) is 10.1 Å². The van der Waals surface area contributed by atoms with Crippen molar-refractivity contribution in [2.24, 2.45) is 0 Å². The van der Waals surface area contributed by atoms with Crippen LogP contribution in [0.3, 0.4) is 0 Å². The highest BCUT2D eigenvalue weighted by Crippen LogP contribution is 2.23. The Kier molecular flexibility index (Phi) is 3.93. The van der Waals surface area contributed by atoms with Crippen molar-refractivity contribution in [1.82, 2.24) is 4.98 Å².